The van der Waals surface area contributed by atoms with E-state index in [9.17, 15) is 4.79 Å². The second-order valence-corrected chi connectivity index (χ2v) is 7.67. The zero-order valence-electron chi connectivity index (χ0n) is 15.4. The third kappa shape index (κ3) is 5.46. The van der Waals surface area contributed by atoms with Crippen LogP contribution in [0.15, 0.2) is 41.3 Å². The fourth-order valence-electron chi connectivity index (χ4n) is 3.07. The van der Waals surface area contributed by atoms with E-state index in [1.807, 2.05) is 43.0 Å². The Morgan fingerprint density at radius 2 is 1.92 bits per heavy atom. The maximum absolute atomic E-state index is 12.4. The fraction of sp³-hybridized carbons (Fsp3) is 0.450. The van der Waals surface area contributed by atoms with E-state index in [1.165, 1.54) is 4.90 Å². The van der Waals surface area contributed by atoms with Crippen LogP contribution in [0, 0.1) is 13.8 Å². The van der Waals surface area contributed by atoms with Crippen LogP contribution in [0.4, 0.5) is 0 Å². The highest BCUT2D eigenvalue weighted by Crippen LogP contribution is 2.21. The first kappa shape index (κ1) is 18.7. The number of carbonyl (C=O) groups is 1. The van der Waals surface area contributed by atoms with Crippen molar-refractivity contribution in [2.45, 2.75) is 44.1 Å². The second-order valence-electron chi connectivity index (χ2n) is 6.50. The summed E-state index contributed by atoms with van der Waals surface area (Å²) in [6.07, 6.45) is 2.39. The van der Waals surface area contributed by atoms with Crippen molar-refractivity contribution in [3.8, 4) is 5.88 Å². The first-order valence-corrected chi connectivity index (χ1v) is 10.0. The van der Waals surface area contributed by atoms with E-state index in [-0.39, 0.29) is 12.0 Å². The Labute approximate surface area is 159 Å². The standard InChI is InChI=1S/C20H25N3O2S/c1-15-14-19(22-16(2)21-15)25-17-8-11-23(12-9-17)20(24)10-13-26-18-6-4-3-5-7-18/h3-7,14,17H,8-13H2,1-2H3. The maximum atomic E-state index is 12.4. The van der Waals surface area contributed by atoms with Gasteiger partial charge in [0.15, 0.2) is 0 Å². The number of hydrogen-bond acceptors (Lipinski definition) is 5. The molecule has 1 amide bonds. The molecule has 0 saturated carbocycles. The molecule has 0 spiro atoms. The van der Waals surface area contributed by atoms with Crippen LogP contribution in [0.1, 0.15) is 30.8 Å². The minimum Gasteiger partial charge on any atom is -0.474 e. The molecule has 0 radical (unpaired) electrons. The van der Waals surface area contributed by atoms with Crippen molar-refractivity contribution in [2.75, 3.05) is 18.8 Å². The predicted molar refractivity (Wildman–Crippen MR) is 104 cm³/mol. The summed E-state index contributed by atoms with van der Waals surface area (Å²) in [5, 5.41) is 0. The minimum absolute atomic E-state index is 0.117. The minimum atomic E-state index is 0.117. The molecule has 1 aromatic heterocycles. The monoisotopic (exact) mass is 371 g/mol. The van der Waals surface area contributed by atoms with E-state index in [4.69, 9.17) is 4.74 Å². The van der Waals surface area contributed by atoms with Crippen LogP contribution in [0.25, 0.3) is 0 Å². The normalized spacial score (nSPS) is 15.1. The van der Waals surface area contributed by atoms with E-state index in [2.05, 4.69) is 22.1 Å². The molecule has 1 aliphatic heterocycles. The lowest BCUT2D eigenvalue weighted by Gasteiger charge is -2.32. The topological polar surface area (TPSA) is 55.3 Å². The molecule has 0 atom stereocenters. The zero-order valence-corrected chi connectivity index (χ0v) is 16.2. The van der Waals surface area contributed by atoms with Crippen LogP contribution >= 0.6 is 11.8 Å². The number of likely N-dealkylation sites (tertiary alicyclic amines) is 1. The maximum Gasteiger partial charge on any atom is 0.223 e. The van der Waals surface area contributed by atoms with Gasteiger partial charge in [-0.25, -0.2) is 4.98 Å². The van der Waals surface area contributed by atoms with E-state index in [0.29, 0.717) is 12.3 Å². The smallest absolute Gasteiger partial charge is 0.223 e. The summed E-state index contributed by atoms with van der Waals surface area (Å²) in [4.78, 5) is 24.2. The van der Waals surface area contributed by atoms with Gasteiger partial charge >= 0.3 is 0 Å². The van der Waals surface area contributed by atoms with Gasteiger partial charge in [-0.3, -0.25) is 4.79 Å². The Kier molecular flexibility index (Phi) is 6.50. The number of benzene rings is 1. The number of thioether (sulfide) groups is 1. The van der Waals surface area contributed by atoms with Crippen molar-refractivity contribution in [2.24, 2.45) is 0 Å². The summed E-state index contributed by atoms with van der Waals surface area (Å²) in [6, 6.07) is 12.1. The van der Waals surface area contributed by atoms with Gasteiger partial charge in [0, 0.05) is 54.8 Å². The number of rotatable bonds is 6. The van der Waals surface area contributed by atoms with Crippen molar-refractivity contribution in [3.63, 3.8) is 0 Å². The predicted octanol–water partition coefficient (Wildman–Crippen LogP) is 3.65. The van der Waals surface area contributed by atoms with Crippen molar-refractivity contribution < 1.29 is 9.53 Å². The molecule has 0 N–H and O–H groups in total. The molecule has 0 unspecified atom stereocenters. The molecule has 0 aliphatic carbocycles. The average molecular weight is 372 g/mol. The van der Waals surface area contributed by atoms with Crippen LogP contribution in [-0.2, 0) is 4.79 Å². The third-order valence-corrected chi connectivity index (χ3v) is 5.37. The fourth-order valence-corrected chi connectivity index (χ4v) is 3.93. The molecule has 1 saturated heterocycles. The quantitative estimate of drug-likeness (QED) is 0.726. The highest BCUT2D eigenvalue weighted by Gasteiger charge is 2.24. The van der Waals surface area contributed by atoms with E-state index >= 15 is 0 Å². The van der Waals surface area contributed by atoms with Crippen molar-refractivity contribution >= 4 is 17.7 Å². The Morgan fingerprint density at radius 3 is 2.62 bits per heavy atom. The van der Waals surface area contributed by atoms with Crippen LogP contribution in [0.5, 0.6) is 5.88 Å². The molecule has 2 aromatic rings. The SMILES string of the molecule is Cc1cc(OC2CCN(C(=O)CCSc3ccccc3)CC2)nc(C)n1. The molecule has 138 valence electrons. The number of aromatic nitrogens is 2. The highest BCUT2D eigenvalue weighted by molar-refractivity contribution is 7.99. The number of amides is 1. The van der Waals surface area contributed by atoms with Gasteiger partial charge in [0.1, 0.15) is 11.9 Å². The molecule has 6 heteroatoms. The van der Waals surface area contributed by atoms with Crippen LogP contribution in [0.2, 0.25) is 0 Å². The molecule has 1 aromatic carbocycles. The first-order valence-electron chi connectivity index (χ1n) is 9.05. The second kappa shape index (κ2) is 9.03. The molecule has 3 rings (SSSR count). The number of hydrogen-bond donors (Lipinski definition) is 0. The summed E-state index contributed by atoms with van der Waals surface area (Å²) >= 11 is 1.73. The lowest BCUT2D eigenvalue weighted by Crippen LogP contribution is -2.42. The van der Waals surface area contributed by atoms with Gasteiger partial charge in [-0.05, 0) is 26.0 Å². The van der Waals surface area contributed by atoms with Crippen LogP contribution in [-0.4, -0.2) is 45.7 Å². The van der Waals surface area contributed by atoms with E-state index in [1.54, 1.807) is 11.8 Å². The van der Waals surface area contributed by atoms with Gasteiger partial charge in [0.05, 0.1) is 0 Å². The zero-order chi connectivity index (χ0) is 18.4. The lowest BCUT2D eigenvalue weighted by atomic mass is 10.1. The molecular weight excluding hydrogens is 346 g/mol. The number of piperidine rings is 1. The summed E-state index contributed by atoms with van der Waals surface area (Å²) in [6.45, 7) is 5.32. The molecule has 0 bridgehead atoms. The summed E-state index contributed by atoms with van der Waals surface area (Å²) in [5.74, 6) is 2.42. The molecular formula is C20H25N3O2S. The first-order chi connectivity index (χ1) is 12.6. The van der Waals surface area contributed by atoms with Gasteiger partial charge in [-0.15, -0.1) is 11.8 Å². The Balaban J connectivity index is 1.40. The van der Waals surface area contributed by atoms with E-state index < -0.39 is 0 Å². The van der Waals surface area contributed by atoms with E-state index in [0.717, 1.165) is 43.2 Å². The van der Waals surface area contributed by atoms with Crippen LogP contribution in [0.3, 0.4) is 0 Å². The molecule has 1 aliphatic rings. The number of carbonyl (C=O) groups excluding carboxylic acids is 1. The molecule has 5 nitrogen and oxygen atoms in total. The molecule has 1 fully saturated rings. The van der Waals surface area contributed by atoms with Gasteiger partial charge in [0.2, 0.25) is 11.8 Å². The molecule has 2 heterocycles. The lowest BCUT2D eigenvalue weighted by molar-refractivity contribution is -0.132. The molecule has 26 heavy (non-hydrogen) atoms. The van der Waals surface area contributed by atoms with Gasteiger partial charge in [0.25, 0.3) is 0 Å². The number of aryl methyl sites for hydroxylation is 2. The van der Waals surface area contributed by atoms with Gasteiger partial charge in [-0.1, -0.05) is 18.2 Å². The Morgan fingerprint density at radius 1 is 1.19 bits per heavy atom. The highest BCUT2D eigenvalue weighted by atomic mass is 32.2. The largest absolute Gasteiger partial charge is 0.474 e. The number of nitrogens with zero attached hydrogens (tertiary/aromatic N) is 3. The van der Waals surface area contributed by atoms with Crippen LogP contribution < -0.4 is 4.74 Å². The summed E-state index contributed by atoms with van der Waals surface area (Å²) in [5.41, 5.74) is 0.913. The average Bonchev–Trinajstić information content (AvgIpc) is 2.62. The Hall–Kier alpha value is -2.08. The van der Waals surface area contributed by atoms with Crippen molar-refractivity contribution in [1.29, 1.82) is 0 Å². The summed E-state index contributed by atoms with van der Waals surface area (Å²) < 4.78 is 5.99. The third-order valence-electron chi connectivity index (χ3n) is 4.35. The van der Waals surface area contributed by atoms with Crippen molar-refractivity contribution in [3.05, 3.63) is 47.9 Å². The number of ether oxygens (including phenoxy) is 1. The van der Waals surface area contributed by atoms with Gasteiger partial charge in [-0.2, -0.15) is 4.98 Å². The Bertz CT molecular complexity index is 711. The summed E-state index contributed by atoms with van der Waals surface area (Å²) in [7, 11) is 0. The van der Waals surface area contributed by atoms with Gasteiger partial charge < -0.3 is 9.64 Å². The van der Waals surface area contributed by atoms with Crippen molar-refractivity contribution in [1.82, 2.24) is 14.9 Å².